The van der Waals surface area contributed by atoms with Gasteiger partial charge >= 0.3 is 0 Å². The number of ether oxygens (including phenoxy) is 1. The van der Waals surface area contributed by atoms with E-state index in [9.17, 15) is 0 Å². The van der Waals surface area contributed by atoms with E-state index in [1.165, 1.54) is 0 Å². The van der Waals surface area contributed by atoms with Gasteiger partial charge in [-0.25, -0.2) is 4.68 Å². The van der Waals surface area contributed by atoms with Crippen molar-refractivity contribution in [3.05, 3.63) is 11.9 Å². The van der Waals surface area contributed by atoms with Crippen LogP contribution in [0.2, 0.25) is 0 Å². The highest BCUT2D eigenvalue weighted by Crippen LogP contribution is 2.27. The number of nitrogens with zero attached hydrogens (tertiary/aromatic N) is 3. The van der Waals surface area contributed by atoms with E-state index in [0.29, 0.717) is 0 Å². The monoisotopic (exact) mass is 168 g/mol. The Labute approximate surface area is 70.7 Å². The van der Waals surface area contributed by atoms with E-state index in [2.05, 4.69) is 15.6 Å². The maximum absolute atomic E-state index is 5.44. The fourth-order valence-electron chi connectivity index (χ4n) is 1.48. The first-order valence-corrected chi connectivity index (χ1v) is 3.89. The molecule has 66 valence electrons. The van der Waals surface area contributed by atoms with Crippen LogP contribution in [0, 0.1) is 0 Å². The summed E-state index contributed by atoms with van der Waals surface area (Å²) in [5.41, 5.74) is 0.835. The molecule has 0 bridgehead atoms. The Kier molecular flexibility index (Phi) is 1.62. The molecule has 1 aliphatic heterocycles. The van der Waals surface area contributed by atoms with E-state index in [-0.39, 0.29) is 5.60 Å². The van der Waals surface area contributed by atoms with E-state index in [1.807, 2.05) is 7.05 Å². The highest BCUT2D eigenvalue weighted by molar-refractivity contribution is 5.15. The quantitative estimate of drug-likeness (QED) is 0.632. The lowest BCUT2D eigenvalue weighted by Gasteiger charge is -2.40. The summed E-state index contributed by atoms with van der Waals surface area (Å²) in [6, 6.07) is 0. The van der Waals surface area contributed by atoms with E-state index in [1.54, 1.807) is 18.0 Å². The molecule has 0 amide bonds. The predicted octanol–water partition coefficient (Wildman–Crippen LogP) is -0.740. The Bertz CT molecular complexity index is 273. The SMILES string of the molecule is COC1(c2cnnn2C)CNC1. The van der Waals surface area contributed by atoms with Gasteiger partial charge in [-0.3, -0.25) is 0 Å². The van der Waals surface area contributed by atoms with Crippen molar-refractivity contribution in [2.75, 3.05) is 20.2 Å². The summed E-state index contributed by atoms with van der Waals surface area (Å²) in [5.74, 6) is 0. The Morgan fingerprint density at radius 3 is 2.75 bits per heavy atom. The molecule has 12 heavy (non-hydrogen) atoms. The molecule has 1 fully saturated rings. The lowest BCUT2D eigenvalue weighted by molar-refractivity contribution is -0.0624. The first kappa shape index (κ1) is 7.70. The van der Waals surface area contributed by atoms with Crippen LogP contribution in [0.4, 0.5) is 0 Å². The van der Waals surface area contributed by atoms with Crippen LogP contribution in [0.5, 0.6) is 0 Å². The highest BCUT2D eigenvalue weighted by atomic mass is 16.5. The molecule has 5 nitrogen and oxygen atoms in total. The molecule has 0 atom stereocenters. The number of rotatable bonds is 2. The van der Waals surface area contributed by atoms with Gasteiger partial charge in [-0.15, -0.1) is 5.10 Å². The third-order valence-electron chi connectivity index (χ3n) is 2.39. The van der Waals surface area contributed by atoms with Gasteiger partial charge in [0.1, 0.15) is 5.60 Å². The van der Waals surface area contributed by atoms with E-state index < -0.39 is 0 Å². The number of aromatic nitrogens is 3. The van der Waals surface area contributed by atoms with Crippen LogP contribution in [0.15, 0.2) is 6.20 Å². The normalized spacial score (nSPS) is 20.5. The summed E-state index contributed by atoms with van der Waals surface area (Å²) in [6.45, 7) is 1.68. The van der Waals surface area contributed by atoms with Crippen LogP contribution in [-0.2, 0) is 17.4 Å². The van der Waals surface area contributed by atoms with Gasteiger partial charge in [-0.05, 0) is 0 Å². The summed E-state index contributed by atoms with van der Waals surface area (Å²) in [5, 5.41) is 10.9. The van der Waals surface area contributed by atoms with Gasteiger partial charge in [0, 0.05) is 27.2 Å². The fraction of sp³-hybridized carbons (Fsp3) is 0.714. The highest BCUT2D eigenvalue weighted by Gasteiger charge is 2.41. The second kappa shape index (κ2) is 2.53. The van der Waals surface area contributed by atoms with Crippen molar-refractivity contribution in [3.63, 3.8) is 0 Å². The lowest BCUT2D eigenvalue weighted by atomic mass is 9.93. The summed E-state index contributed by atoms with van der Waals surface area (Å²) in [7, 11) is 3.59. The second-order valence-electron chi connectivity index (χ2n) is 3.04. The van der Waals surface area contributed by atoms with Gasteiger partial charge in [-0.2, -0.15) is 0 Å². The second-order valence-corrected chi connectivity index (χ2v) is 3.04. The van der Waals surface area contributed by atoms with Crippen molar-refractivity contribution in [3.8, 4) is 0 Å². The van der Waals surface area contributed by atoms with Crippen LogP contribution >= 0.6 is 0 Å². The van der Waals surface area contributed by atoms with Crippen LogP contribution in [0.25, 0.3) is 0 Å². The summed E-state index contributed by atoms with van der Waals surface area (Å²) >= 11 is 0. The van der Waals surface area contributed by atoms with Crippen molar-refractivity contribution in [2.45, 2.75) is 5.60 Å². The third-order valence-corrected chi connectivity index (χ3v) is 2.39. The van der Waals surface area contributed by atoms with Crippen LogP contribution in [0.1, 0.15) is 5.69 Å². The smallest absolute Gasteiger partial charge is 0.135 e. The van der Waals surface area contributed by atoms with Crippen LogP contribution in [0.3, 0.4) is 0 Å². The van der Waals surface area contributed by atoms with Crippen molar-refractivity contribution in [2.24, 2.45) is 7.05 Å². The molecule has 0 aliphatic carbocycles. The molecule has 0 saturated carbocycles. The predicted molar refractivity (Wildman–Crippen MR) is 42.6 cm³/mol. The molecule has 1 aromatic rings. The van der Waals surface area contributed by atoms with Crippen molar-refractivity contribution in [1.82, 2.24) is 20.3 Å². The van der Waals surface area contributed by atoms with Gasteiger partial charge in [0.25, 0.3) is 0 Å². The average Bonchev–Trinajstić information content (AvgIpc) is 2.36. The zero-order valence-electron chi connectivity index (χ0n) is 7.24. The number of aryl methyl sites for hydroxylation is 1. The largest absolute Gasteiger partial charge is 0.369 e. The van der Waals surface area contributed by atoms with Gasteiger partial charge in [0.05, 0.1) is 11.9 Å². The topological polar surface area (TPSA) is 52.0 Å². The number of hydrogen-bond donors (Lipinski definition) is 1. The maximum Gasteiger partial charge on any atom is 0.135 e. The van der Waals surface area contributed by atoms with Crippen molar-refractivity contribution < 1.29 is 4.74 Å². The summed E-state index contributed by atoms with van der Waals surface area (Å²) in [4.78, 5) is 0. The van der Waals surface area contributed by atoms with Gasteiger partial charge < -0.3 is 10.1 Å². The zero-order valence-corrected chi connectivity index (χ0v) is 7.24. The number of methoxy groups -OCH3 is 1. The fourth-order valence-corrected chi connectivity index (χ4v) is 1.48. The Hall–Kier alpha value is -0.940. The third kappa shape index (κ3) is 0.867. The molecular weight excluding hydrogens is 156 g/mol. The van der Waals surface area contributed by atoms with Gasteiger partial charge in [0.15, 0.2) is 0 Å². The molecule has 1 saturated heterocycles. The maximum atomic E-state index is 5.44. The minimum Gasteiger partial charge on any atom is -0.369 e. The van der Waals surface area contributed by atoms with Crippen LogP contribution < -0.4 is 5.32 Å². The minimum atomic E-state index is -0.196. The molecule has 0 aromatic carbocycles. The standard InChI is InChI=1S/C7H12N4O/c1-11-6(3-9-10-11)7(12-2)4-8-5-7/h3,8H,4-5H2,1-2H3. The van der Waals surface area contributed by atoms with Gasteiger partial charge in [-0.1, -0.05) is 5.21 Å². The Morgan fingerprint density at radius 2 is 2.42 bits per heavy atom. The van der Waals surface area contributed by atoms with E-state index in [0.717, 1.165) is 18.8 Å². The molecule has 5 heteroatoms. The van der Waals surface area contributed by atoms with Crippen molar-refractivity contribution in [1.29, 1.82) is 0 Å². The molecule has 1 aliphatic rings. The Balaban J connectivity index is 2.33. The first-order chi connectivity index (χ1) is 5.78. The van der Waals surface area contributed by atoms with Gasteiger partial charge in [0.2, 0.25) is 0 Å². The number of nitrogens with one attached hydrogen (secondary N) is 1. The molecule has 2 rings (SSSR count). The van der Waals surface area contributed by atoms with E-state index in [4.69, 9.17) is 4.74 Å². The summed E-state index contributed by atoms with van der Waals surface area (Å²) < 4.78 is 7.19. The lowest BCUT2D eigenvalue weighted by Crippen LogP contribution is -2.58. The van der Waals surface area contributed by atoms with E-state index >= 15 is 0 Å². The Morgan fingerprint density at radius 1 is 1.67 bits per heavy atom. The zero-order chi connectivity index (χ0) is 8.60. The minimum absolute atomic E-state index is 0.196. The average molecular weight is 168 g/mol. The molecule has 1 N–H and O–H groups in total. The molecular formula is C7H12N4O. The summed E-state index contributed by atoms with van der Waals surface area (Å²) in [6.07, 6.45) is 1.75. The first-order valence-electron chi connectivity index (χ1n) is 3.89. The molecule has 1 aromatic heterocycles. The molecule has 0 unspecified atom stereocenters. The number of hydrogen-bond acceptors (Lipinski definition) is 4. The van der Waals surface area contributed by atoms with Crippen molar-refractivity contribution >= 4 is 0 Å². The van der Waals surface area contributed by atoms with Crippen LogP contribution in [-0.4, -0.2) is 35.2 Å². The molecule has 2 heterocycles. The molecule has 0 radical (unpaired) electrons. The molecule has 0 spiro atoms.